The predicted octanol–water partition coefficient (Wildman–Crippen LogP) is 16.5. The van der Waals surface area contributed by atoms with Crippen LogP contribution in [0.5, 0.6) is 0 Å². The van der Waals surface area contributed by atoms with Crippen molar-refractivity contribution in [2.75, 3.05) is 4.90 Å². The third-order valence-electron chi connectivity index (χ3n) is 11.1. The van der Waals surface area contributed by atoms with Crippen LogP contribution in [0, 0.1) is 13.8 Å². The molecule has 0 unspecified atom stereocenters. The smallest absolute Gasteiger partial charge is 0.0464 e. The highest BCUT2D eigenvalue weighted by Gasteiger charge is 2.16. The van der Waals surface area contributed by atoms with Gasteiger partial charge in [-0.25, -0.2) is 0 Å². The van der Waals surface area contributed by atoms with Gasteiger partial charge in [-0.05, 0) is 140 Å². The van der Waals surface area contributed by atoms with Gasteiger partial charge in [-0.2, -0.15) is 0 Å². The Hall–Kier alpha value is -6.74. The summed E-state index contributed by atoms with van der Waals surface area (Å²) in [5.41, 5.74) is 20.4. The molecule has 9 aromatic rings. The van der Waals surface area contributed by atoms with Crippen LogP contribution in [-0.4, -0.2) is 0 Å². The molecule has 0 fully saturated rings. The topological polar surface area (TPSA) is 3.24 Å². The average Bonchev–Trinajstić information content (AvgIpc) is 3.28. The first-order valence-electron chi connectivity index (χ1n) is 19.8. The fourth-order valence-corrected chi connectivity index (χ4v) is 8.39. The zero-order chi connectivity index (χ0) is 39.4. The van der Waals surface area contributed by atoms with Crippen molar-refractivity contribution in [3.63, 3.8) is 0 Å². The molecule has 0 bridgehead atoms. The van der Waals surface area contributed by atoms with Crippen LogP contribution in [0.15, 0.2) is 223 Å². The molecule has 0 aliphatic carbocycles. The Kier molecular flexibility index (Phi) is 10.4. The largest absolute Gasteiger partial charge is 0.310 e. The van der Waals surface area contributed by atoms with Gasteiger partial charge in [0.05, 0.1) is 0 Å². The highest BCUT2D eigenvalue weighted by molar-refractivity contribution is 9.10. The Bertz CT molecular complexity index is 2660. The predicted molar refractivity (Wildman–Crippen MR) is 251 cm³/mol. The second-order valence-electron chi connectivity index (χ2n) is 14.9. The summed E-state index contributed by atoms with van der Waals surface area (Å²) in [6.07, 6.45) is 0. The van der Waals surface area contributed by atoms with Gasteiger partial charge in [0.1, 0.15) is 0 Å². The summed E-state index contributed by atoms with van der Waals surface area (Å²) in [7, 11) is 0. The van der Waals surface area contributed by atoms with E-state index in [4.69, 9.17) is 0 Å². The van der Waals surface area contributed by atoms with Crippen LogP contribution in [0.4, 0.5) is 17.1 Å². The van der Waals surface area contributed by atoms with Crippen LogP contribution in [0.2, 0.25) is 0 Å². The maximum absolute atomic E-state index is 3.60. The van der Waals surface area contributed by atoms with Crippen molar-refractivity contribution >= 4 is 33.0 Å². The molecule has 278 valence electrons. The molecule has 0 spiro atoms. The van der Waals surface area contributed by atoms with Gasteiger partial charge in [0.2, 0.25) is 0 Å². The van der Waals surface area contributed by atoms with Gasteiger partial charge in [-0.1, -0.05) is 186 Å². The van der Waals surface area contributed by atoms with Crippen LogP contribution >= 0.6 is 15.9 Å². The third kappa shape index (κ3) is 7.80. The summed E-state index contributed by atoms with van der Waals surface area (Å²) < 4.78 is 1.10. The first-order chi connectivity index (χ1) is 28.5. The standard InChI is InChI=1S/C56H42BrN/c1-39-37-51(57)29-35-55(39)49-21-23-50(24-22-49)56-36-34-54(38-40(56)2)58(52-30-25-47(26-31-52)45-17-13-43(14-18-45)41-9-5-3-6-10-41)53-32-27-48(28-33-53)46-19-15-44(16-20-46)42-11-7-4-8-12-42/h3-38H,1-2H3. The molecular weight excluding hydrogens is 767 g/mol. The van der Waals surface area contributed by atoms with Crippen LogP contribution in [-0.2, 0) is 0 Å². The number of rotatable bonds is 9. The Morgan fingerprint density at radius 1 is 0.276 bits per heavy atom. The van der Waals surface area contributed by atoms with Crippen molar-refractivity contribution in [2.45, 2.75) is 13.8 Å². The van der Waals surface area contributed by atoms with Crippen molar-refractivity contribution in [3.8, 4) is 66.8 Å². The Morgan fingerprint density at radius 2 is 0.569 bits per heavy atom. The van der Waals surface area contributed by atoms with Crippen molar-refractivity contribution in [3.05, 3.63) is 234 Å². The van der Waals surface area contributed by atoms with Gasteiger partial charge in [-0.15, -0.1) is 0 Å². The fraction of sp³-hybridized carbons (Fsp3) is 0.0357. The van der Waals surface area contributed by atoms with Gasteiger partial charge in [0.25, 0.3) is 0 Å². The maximum Gasteiger partial charge on any atom is 0.0464 e. The number of nitrogens with zero attached hydrogens (tertiary/aromatic N) is 1. The molecule has 0 radical (unpaired) electrons. The molecule has 58 heavy (non-hydrogen) atoms. The van der Waals surface area contributed by atoms with Gasteiger partial charge in [0, 0.05) is 21.5 Å². The van der Waals surface area contributed by atoms with Gasteiger partial charge >= 0.3 is 0 Å². The van der Waals surface area contributed by atoms with Gasteiger partial charge in [0.15, 0.2) is 0 Å². The molecule has 0 aromatic heterocycles. The first-order valence-corrected chi connectivity index (χ1v) is 20.6. The Labute approximate surface area is 350 Å². The Balaban J connectivity index is 1.03. The third-order valence-corrected chi connectivity index (χ3v) is 11.6. The fourth-order valence-electron chi connectivity index (χ4n) is 7.92. The van der Waals surface area contributed by atoms with E-state index >= 15 is 0 Å². The van der Waals surface area contributed by atoms with Crippen molar-refractivity contribution in [1.29, 1.82) is 0 Å². The molecule has 0 N–H and O–H groups in total. The zero-order valence-corrected chi connectivity index (χ0v) is 34.2. The minimum atomic E-state index is 1.10. The summed E-state index contributed by atoms with van der Waals surface area (Å²) in [4.78, 5) is 2.36. The lowest BCUT2D eigenvalue weighted by Gasteiger charge is -2.27. The van der Waals surface area contributed by atoms with E-state index in [0.29, 0.717) is 0 Å². The van der Waals surface area contributed by atoms with Gasteiger partial charge in [-0.3, -0.25) is 0 Å². The summed E-state index contributed by atoms with van der Waals surface area (Å²) in [6.45, 7) is 4.38. The number of halogens is 1. The lowest BCUT2D eigenvalue weighted by Crippen LogP contribution is -2.10. The summed E-state index contributed by atoms with van der Waals surface area (Å²) in [5.74, 6) is 0. The first kappa shape index (κ1) is 36.9. The minimum absolute atomic E-state index is 1.10. The summed E-state index contributed by atoms with van der Waals surface area (Å²) in [6, 6.07) is 78.9. The van der Waals surface area contributed by atoms with E-state index in [9.17, 15) is 0 Å². The van der Waals surface area contributed by atoms with Crippen LogP contribution in [0.1, 0.15) is 11.1 Å². The molecule has 0 aliphatic rings. The normalized spacial score (nSPS) is 11.0. The van der Waals surface area contributed by atoms with E-state index < -0.39 is 0 Å². The number of benzene rings is 9. The molecule has 9 aromatic carbocycles. The quantitative estimate of drug-likeness (QED) is 0.140. The highest BCUT2D eigenvalue weighted by Crippen LogP contribution is 2.40. The van der Waals surface area contributed by atoms with E-state index in [2.05, 4.69) is 253 Å². The van der Waals surface area contributed by atoms with E-state index in [1.165, 1.54) is 77.9 Å². The zero-order valence-electron chi connectivity index (χ0n) is 32.6. The highest BCUT2D eigenvalue weighted by atomic mass is 79.9. The minimum Gasteiger partial charge on any atom is -0.310 e. The SMILES string of the molecule is Cc1cc(Br)ccc1-c1ccc(-c2ccc(N(c3ccc(-c4ccc(-c5ccccc5)cc4)cc3)c3ccc(-c4ccc(-c5ccccc5)cc4)cc3)cc2C)cc1. The number of anilines is 3. The van der Waals surface area contributed by atoms with E-state index in [1.807, 2.05) is 0 Å². The molecule has 9 rings (SSSR count). The lowest BCUT2D eigenvalue weighted by atomic mass is 9.95. The lowest BCUT2D eigenvalue weighted by molar-refractivity contribution is 1.27. The van der Waals surface area contributed by atoms with E-state index in [0.717, 1.165) is 21.5 Å². The van der Waals surface area contributed by atoms with Crippen LogP contribution < -0.4 is 4.90 Å². The Morgan fingerprint density at radius 3 is 0.931 bits per heavy atom. The second-order valence-corrected chi connectivity index (χ2v) is 15.8. The number of hydrogen-bond donors (Lipinski definition) is 0. The molecule has 0 aliphatic heterocycles. The number of aryl methyl sites for hydroxylation is 2. The van der Waals surface area contributed by atoms with Crippen LogP contribution in [0.3, 0.4) is 0 Å². The molecule has 0 atom stereocenters. The maximum atomic E-state index is 3.60. The van der Waals surface area contributed by atoms with Crippen LogP contribution in [0.25, 0.3) is 66.8 Å². The molecule has 0 saturated carbocycles. The summed E-state index contributed by atoms with van der Waals surface area (Å²) in [5, 5.41) is 0. The second kappa shape index (κ2) is 16.4. The van der Waals surface area contributed by atoms with E-state index in [-0.39, 0.29) is 0 Å². The average molecular weight is 809 g/mol. The molecular formula is C56H42BrN. The van der Waals surface area contributed by atoms with E-state index in [1.54, 1.807) is 0 Å². The van der Waals surface area contributed by atoms with Crippen molar-refractivity contribution in [1.82, 2.24) is 0 Å². The molecule has 0 heterocycles. The monoisotopic (exact) mass is 807 g/mol. The van der Waals surface area contributed by atoms with Gasteiger partial charge < -0.3 is 4.90 Å². The molecule has 2 heteroatoms. The van der Waals surface area contributed by atoms with Crippen molar-refractivity contribution in [2.24, 2.45) is 0 Å². The summed E-state index contributed by atoms with van der Waals surface area (Å²) >= 11 is 3.60. The van der Waals surface area contributed by atoms with Crippen molar-refractivity contribution < 1.29 is 0 Å². The molecule has 1 nitrogen and oxygen atoms in total. The molecule has 0 saturated heterocycles. The molecule has 0 amide bonds. The number of hydrogen-bond acceptors (Lipinski definition) is 1.